The molecule has 0 saturated carbocycles. The van der Waals surface area contributed by atoms with Gasteiger partial charge in [-0.15, -0.1) is 0 Å². The third-order valence-corrected chi connectivity index (χ3v) is 7.27. The zero-order chi connectivity index (χ0) is 23.1. The highest BCUT2D eigenvalue weighted by Gasteiger charge is 2.27. The van der Waals surface area contributed by atoms with Crippen LogP contribution in [-0.4, -0.2) is 50.3 Å². The van der Waals surface area contributed by atoms with Crippen LogP contribution in [0.4, 0.5) is 0 Å². The van der Waals surface area contributed by atoms with E-state index >= 15 is 0 Å². The fraction of sp³-hybridized carbons (Fsp3) is 0.417. The van der Waals surface area contributed by atoms with Crippen molar-refractivity contribution in [1.29, 1.82) is 0 Å². The van der Waals surface area contributed by atoms with E-state index < -0.39 is 22.1 Å². The number of hydrogen-bond acceptors (Lipinski definition) is 6. The third-order valence-electron chi connectivity index (χ3n) is 5.38. The van der Waals surface area contributed by atoms with Gasteiger partial charge < -0.3 is 9.47 Å². The summed E-state index contributed by atoms with van der Waals surface area (Å²) in [5.74, 6) is -0.449. The smallest absolute Gasteiger partial charge is 0.338 e. The maximum absolute atomic E-state index is 13.0. The van der Waals surface area contributed by atoms with E-state index in [4.69, 9.17) is 9.47 Å². The van der Waals surface area contributed by atoms with Gasteiger partial charge in [0.1, 0.15) is 5.75 Å². The lowest BCUT2D eigenvalue weighted by atomic mass is 10.1. The molecule has 32 heavy (non-hydrogen) atoms. The number of Topliss-reactive ketones (excluding diaryl/α,β-unsaturated/α-hetero) is 1. The average Bonchev–Trinajstić information content (AvgIpc) is 3.09. The molecule has 0 aliphatic carbocycles. The lowest BCUT2D eigenvalue weighted by Gasteiger charge is -2.20. The van der Waals surface area contributed by atoms with Gasteiger partial charge in [-0.2, -0.15) is 4.31 Å². The molecule has 0 unspecified atom stereocenters. The first-order valence-corrected chi connectivity index (χ1v) is 12.3. The second-order valence-electron chi connectivity index (χ2n) is 7.72. The van der Waals surface area contributed by atoms with Crippen LogP contribution in [0.15, 0.2) is 53.4 Å². The van der Waals surface area contributed by atoms with E-state index in [-0.39, 0.29) is 16.2 Å². The summed E-state index contributed by atoms with van der Waals surface area (Å²) in [5, 5.41) is 0. The molecule has 1 atom stereocenters. The highest BCUT2D eigenvalue weighted by molar-refractivity contribution is 7.89. The van der Waals surface area contributed by atoms with E-state index in [1.807, 2.05) is 6.92 Å². The zero-order valence-corrected chi connectivity index (χ0v) is 19.3. The molecule has 1 heterocycles. The number of sulfonamides is 1. The monoisotopic (exact) mass is 459 g/mol. The number of benzene rings is 2. The van der Waals surface area contributed by atoms with Gasteiger partial charge in [0.05, 0.1) is 17.1 Å². The van der Waals surface area contributed by atoms with Crippen molar-refractivity contribution >= 4 is 21.8 Å². The number of esters is 1. The second-order valence-corrected chi connectivity index (χ2v) is 9.65. The van der Waals surface area contributed by atoms with Gasteiger partial charge in [0, 0.05) is 18.7 Å². The summed E-state index contributed by atoms with van der Waals surface area (Å²) in [7, 11) is -3.69. The Hall–Kier alpha value is -2.71. The molecule has 1 fully saturated rings. The zero-order valence-electron chi connectivity index (χ0n) is 18.5. The van der Waals surface area contributed by atoms with Crippen LogP contribution in [-0.2, 0) is 14.8 Å². The third kappa shape index (κ3) is 5.75. The van der Waals surface area contributed by atoms with Crippen molar-refractivity contribution in [2.45, 2.75) is 50.5 Å². The maximum atomic E-state index is 13.0. The number of nitrogens with zero attached hydrogens (tertiary/aromatic N) is 1. The molecule has 1 aliphatic rings. The van der Waals surface area contributed by atoms with Crippen LogP contribution < -0.4 is 4.74 Å². The normalized spacial score (nSPS) is 16.1. The van der Waals surface area contributed by atoms with Crippen molar-refractivity contribution in [3.63, 3.8) is 0 Å². The van der Waals surface area contributed by atoms with Gasteiger partial charge in [0.25, 0.3) is 0 Å². The van der Waals surface area contributed by atoms with Crippen LogP contribution in [0.3, 0.4) is 0 Å². The van der Waals surface area contributed by atoms with Crippen molar-refractivity contribution in [1.82, 2.24) is 4.31 Å². The first kappa shape index (κ1) is 23.9. The fourth-order valence-corrected chi connectivity index (χ4v) is 5.18. The van der Waals surface area contributed by atoms with E-state index in [0.717, 1.165) is 25.7 Å². The van der Waals surface area contributed by atoms with Gasteiger partial charge in [-0.1, -0.05) is 18.9 Å². The minimum Gasteiger partial charge on any atom is -0.494 e. The summed E-state index contributed by atoms with van der Waals surface area (Å²) < 4.78 is 38.2. The number of hydrogen-bond donors (Lipinski definition) is 0. The standard InChI is InChI=1S/C24H29NO6S/c1-3-30-21-13-11-19(12-14-21)23(26)18(2)31-24(27)20-9-8-10-22(17-20)32(28,29)25-15-6-4-5-7-16-25/h8-14,17-18H,3-7,15-16H2,1-2H3/t18-/m1/s1. The molecule has 0 radical (unpaired) electrons. The Balaban J connectivity index is 1.70. The van der Waals surface area contributed by atoms with E-state index in [1.165, 1.54) is 35.5 Å². The largest absolute Gasteiger partial charge is 0.494 e. The van der Waals surface area contributed by atoms with Gasteiger partial charge in [-0.05, 0) is 69.2 Å². The van der Waals surface area contributed by atoms with Crippen molar-refractivity contribution in [2.24, 2.45) is 0 Å². The van der Waals surface area contributed by atoms with Crippen LogP contribution in [0.5, 0.6) is 5.75 Å². The van der Waals surface area contributed by atoms with Crippen LogP contribution in [0.25, 0.3) is 0 Å². The van der Waals surface area contributed by atoms with Crippen LogP contribution in [0, 0.1) is 0 Å². The van der Waals surface area contributed by atoms with Crippen molar-refractivity contribution in [3.05, 3.63) is 59.7 Å². The summed E-state index contributed by atoms with van der Waals surface area (Å²) in [6, 6.07) is 12.4. The van der Waals surface area contributed by atoms with E-state index in [2.05, 4.69) is 0 Å². The first-order valence-electron chi connectivity index (χ1n) is 10.9. The number of rotatable bonds is 8. The molecule has 0 bridgehead atoms. The number of ketones is 1. The number of carbonyl (C=O) groups is 2. The minimum absolute atomic E-state index is 0.0549. The summed E-state index contributed by atoms with van der Waals surface area (Å²) in [6.07, 6.45) is 2.65. The number of ether oxygens (including phenoxy) is 2. The van der Waals surface area contributed by atoms with Crippen LogP contribution >= 0.6 is 0 Å². The highest BCUT2D eigenvalue weighted by Crippen LogP contribution is 2.22. The summed E-state index contributed by atoms with van der Waals surface area (Å²) in [4.78, 5) is 25.3. The van der Waals surface area contributed by atoms with E-state index in [0.29, 0.717) is 31.0 Å². The molecule has 2 aromatic carbocycles. The SMILES string of the molecule is CCOc1ccc(C(=O)[C@@H](C)OC(=O)c2cccc(S(=O)(=O)N3CCCCCC3)c2)cc1. The Kier molecular flexibility index (Phi) is 8.04. The van der Waals surface area contributed by atoms with Crippen LogP contribution in [0.2, 0.25) is 0 Å². The Bertz CT molecular complexity index is 1040. The van der Waals surface area contributed by atoms with Crippen molar-refractivity contribution in [3.8, 4) is 5.75 Å². The maximum Gasteiger partial charge on any atom is 0.338 e. The summed E-state index contributed by atoms with van der Waals surface area (Å²) in [5.41, 5.74) is 0.485. The molecular formula is C24H29NO6S. The molecule has 0 spiro atoms. The molecule has 1 saturated heterocycles. The quantitative estimate of drug-likeness (QED) is 0.437. The van der Waals surface area contributed by atoms with Gasteiger partial charge in [0.2, 0.25) is 15.8 Å². The predicted octanol–water partition coefficient (Wildman–Crippen LogP) is 4.08. The number of carbonyl (C=O) groups excluding carboxylic acids is 2. The van der Waals surface area contributed by atoms with Gasteiger partial charge in [-0.3, -0.25) is 4.79 Å². The molecule has 172 valence electrons. The van der Waals surface area contributed by atoms with Crippen molar-refractivity contribution in [2.75, 3.05) is 19.7 Å². The molecule has 0 aromatic heterocycles. The molecule has 1 aliphatic heterocycles. The topological polar surface area (TPSA) is 90.0 Å². The highest BCUT2D eigenvalue weighted by atomic mass is 32.2. The molecule has 0 N–H and O–H groups in total. The first-order chi connectivity index (χ1) is 15.3. The van der Waals surface area contributed by atoms with Crippen LogP contribution in [0.1, 0.15) is 60.2 Å². The Morgan fingerprint density at radius 3 is 2.25 bits per heavy atom. The molecular weight excluding hydrogens is 430 g/mol. The second kappa shape index (κ2) is 10.7. The molecule has 8 heteroatoms. The predicted molar refractivity (Wildman–Crippen MR) is 120 cm³/mol. The molecule has 7 nitrogen and oxygen atoms in total. The minimum atomic E-state index is -3.69. The molecule has 3 rings (SSSR count). The summed E-state index contributed by atoms with van der Waals surface area (Å²) >= 11 is 0. The Morgan fingerprint density at radius 2 is 1.62 bits per heavy atom. The fourth-order valence-electron chi connectivity index (χ4n) is 3.61. The van der Waals surface area contributed by atoms with Gasteiger partial charge in [0.15, 0.2) is 6.10 Å². The Labute approximate surface area is 189 Å². The summed E-state index contributed by atoms with van der Waals surface area (Å²) in [6.45, 7) is 4.84. The lowest BCUT2D eigenvalue weighted by molar-refractivity contribution is 0.0318. The van der Waals surface area contributed by atoms with E-state index in [1.54, 1.807) is 24.3 Å². The average molecular weight is 460 g/mol. The lowest BCUT2D eigenvalue weighted by Crippen LogP contribution is -2.32. The van der Waals surface area contributed by atoms with E-state index in [9.17, 15) is 18.0 Å². The van der Waals surface area contributed by atoms with Crippen molar-refractivity contribution < 1.29 is 27.5 Å². The molecule has 0 amide bonds. The van der Waals surface area contributed by atoms with Gasteiger partial charge in [-0.25, -0.2) is 13.2 Å². The Morgan fingerprint density at radius 1 is 0.969 bits per heavy atom. The molecule has 2 aromatic rings. The van der Waals surface area contributed by atoms with Gasteiger partial charge >= 0.3 is 5.97 Å².